The average Bonchev–Trinajstić information content (AvgIpc) is 2.82. The molecule has 2 aromatic heterocycles. The van der Waals surface area contributed by atoms with Gasteiger partial charge in [-0.2, -0.15) is 0 Å². The van der Waals surface area contributed by atoms with Crippen molar-refractivity contribution in [3.8, 4) is 0 Å². The van der Waals surface area contributed by atoms with Crippen LogP contribution in [0.2, 0.25) is 0 Å². The largest absolute Gasteiger partial charge is 0.354 e. The first kappa shape index (κ1) is 12.2. The van der Waals surface area contributed by atoms with Crippen molar-refractivity contribution in [3.05, 3.63) is 42.2 Å². The van der Waals surface area contributed by atoms with Gasteiger partial charge >= 0.3 is 0 Å². The van der Waals surface area contributed by atoms with Gasteiger partial charge in [-0.1, -0.05) is 13.0 Å². The molecule has 1 aromatic carbocycles. The number of benzene rings is 1. The summed E-state index contributed by atoms with van der Waals surface area (Å²) in [5, 5.41) is 5.76. The lowest BCUT2D eigenvalue weighted by Crippen LogP contribution is -2.16. The van der Waals surface area contributed by atoms with Crippen LogP contribution in [0.25, 0.3) is 21.8 Å². The number of aromatic amines is 1. The van der Waals surface area contributed by atoms with Crippen molar-refractivity contribution in [3.63, 3.8) is 0 Å². The van der Waals surface area contributed by atoms with Crippen LogP contribution in [0.1, 0.15) is 24.8 Å². The van der Waals surface area contributed by atoms with E-state index in [4.69, 9.17) is 0 Å². The smallest absolute Gasteiger partial charge is 0.0495 e. The summed E-state index contributed by atoms with van der Waals surface area (Å²) in [6.45, 7) is 3.26. The Labute approximate surface area is 113 Å². The number of likely N-dealkylation sites (N-methyl/N-ethyl adjacent to an activating group) is 1. The van der Waals surface area contributed by atoms with Crippen LogP contribution in [0.5, 0.6) is 0 Å². The fourth-order valence-electron chi connectivity index (χ4n) is 2.76. The molecule has 98 valence electrons. The quantitative estimate of drug-likeness (QED) is 0.748. The molecule has 1 unspecified atom stereocenters. The maximum atomic E-state index is 4.23. The predicted molar refractivity (Wildman–Crippen MR) is 80.6 cm³/mol. The Balaban J connectivity index is 2.15. The summed E-state index contributed by atoms with van der Waals surface area (Å²) in [6.07, 6.45) is 4.92. The zero-order chi connectivity index (χ0) is 13.2. The van der Waals surface area contributed by atoms with Crippen LogP contribution in [-0.2, 0) is 0 Å². The summed E-state index contributed by atoms with van der Waals surface area (Å²) in [5.74, 6) is 0.566. The summed E-state index contributed by atoms with van der Waals surface area (Å²) >= 11 is 0. The topological polar surface area (TPSA) is 40.7 Å². The van der Waals surface area contributed by atoms with Crippen LogP contribution in [0.3, 0.4) is 0 Å². The maximum Gasteiger partial charge on any atom is 0.0495 e. The van der Waals surface area contributed by atoms with Crippen molar-refractivity contribution in [1.29, 1.82) is 0 Å². The van der Waals surface area contributed by atoms with Gasteiger partial charge in [0.1, 0.15) is 0 Å². The molecule has 19 heavy (non-hydrogen) atoms. The monoisotopic (exact) mass is 253 g/mol. The summed E-state index contributed by atoms with van der Waals surface area (Å²) in [7, 11) is 2.01. The van der Waals surface area contributed by atoms with Gasteiger partial charge in [-0.3, -0.25) is 4.98 Å². The first-order valence-corrected chi connectivity index (χ1v) is 6.83. The van der Waals surface area contributed by atoms with E-state index in [1.807, 2.05) is 25.5 Å². The van der Waals surface area contributed by atoms with E-state index in [9.17, 15) is 0 Å². The summed E-state index contributed by atoms with van der Waals surface area (Å²) in [6, 6.07) is 8.75. The number of rotatable bonds is 4. The number of nitrogens with zero attached hydrogens (tertiary/aromatic N) is 1. The van der Waals surface area contributed by atoms with Crippen molar-refractivity contribution < 1.29 is 0 Å². The van der Waals surface area contributed by atoms with Gasteiger partial charge in [-0.15, -0.1) is 0 Å². The number of nitrogens with one attached hydrogen (secondary N) is 2. The molecule has 1 atom stereocenters. The molecule has 0 spiro atoms. The number of pyridine rings is 1. The second kappa shape index (κ2) is 5.02. The zero-order valence-electron chi connectivity index (χ0n) is 11.4. The number of H-pyrrole nitrogens is 1. The van der Waals surface area contributed by atoms with Gasteiger partial charge in [0.2, 0.25) is 0 Å². The first-order chi connectivity index (χ1) is 9.33. The van der Waals surface area contributed by atoms with Crippen molar-refractivity contribution in [1.82, 2.24) is 15.3 Å². The van der Waals surface area contributed by atoms with E-state index in [1.54, 1.807) is 0 Å². The first-order valence-electron chi connectivity index (χ1n) is 6.83. The fraction of sp³-hybridized carbons (Fsp3) is 0.312. The molecule has 0 fully saturated rings. The van der Waals surface area contributed by atoms with Gasteiger partial charge < -0.3 is 10.3 Å². The molecular weight excluding hydrogens is 234 g/mol. The van der Waals surface area contributed by atoms with Crippen LogP contribution < -0.4 is 5.32 Å². The minimum atomic E-state index is 0.566. The third-order valence-electron chi connectivity index (χ3n) is 3.84. The second-order valence-electron chi connectivity index (χ2n) is 5.01. The molecule has 0 amide bonds. The van der Waals surface area contributed by atoms with Crippen LogP contribution >= 0.6 is 0 Å². The second-order valence-corrected chi connectivity index (χ2v) is 5.01. The molecule has 0 aliphatic carbocycles. The van der Waals surface area contributed by atoms with Crippen LogP contribution in [0.15, 0.2) is 36.7 Å². The van der Waals surface area contributed by atoms with Crippen molar-refractivity contribution >= 4 is 21.8 Å². The van der Waals surface area contributed by atoms with E-state index in [0.717, 1.165) is 18.5 Å². The highest BCUT2D eigenvalue weighted by Gasteiger charge is 2.11. The van der Waals surface area contributed by atoms with Gasteiger partial charge in [0, 0.05) is 40.7 Å². The fourth-order valence-corrected chi connectivity index (χ4v) is 2.76. The van der Waals surface area contributed by atoms with E-state index in [0.29, 0.717) is 5.92 Å². The van der Waals surface area contributed by atoms with Crippen LogP contribution in [-0.4, -0.2) is 23.6 Å². The maximum absolute atomic E-state index is 4.23. The number of hydrogen-bond donors (Lipinski definition) is 2. The van der Waals surface area contributed by atoms with E-state index < -0.39 is 0 Å². The Kier molecular flexibility index (Phi) is 3.22. The molecule has 0 radical (unpaired) electrons. The standard InChI is InChI=1S/C16H19N3/c1-3-11(9-17-2)12-4-5-15-13(8-12)14-10-18-7-6-16(14)19-15/h4-8,10-11,17,19H,3,9H2,1-2H3. The number of aromatic nitrogens is 2. The summed E-state index contributed by atoms with van der Waals surface area (Å²) < 4.78 is 0. The van der Waals surface area contributed by atoms with E-state index in [2.05, 4.69) is 40.4 Å². The highest BCUT2D eigenvalue weighted by Crippen LogP contribution is 2.28. The average molecular weight is 253 g/mol. The van der Waals surface area contributed by atoms with E-state index >= 15 is 0 Å². The van der Waals surface area contributed by atoms with Crippen molar-refractivity contribution in [2.75, 3.05) is 13.6 Å². The van der Waals surface area contributed by atoms with Gasteiger partial charge in [-0.05, 0) is 43.1 Å². The zero-order valence-corrected chi connectivity index (χ0v) is 11.4. The molecule has 3 aromatic rings. The summed E-state index contributed by atoms with van der Waals surface area (Å²) in [4.78, 5) is 7.67. The molecule has 3 nitrogen and oxygen atoms in total. The number of fused-ring (bicyclic) bond motifs is 3. The Bertz CT molecular complexity index is 699. The molecule has 0 bridgehead atoms. The minimum absolute atomic E-state index is 0.566. The molecular formula is C16H19N3. The lowest BCUT2D eigenvalue weighted by Gasteiger charge is -2.14. The number of hydrogen-bond acceptors (Lipinski definition) is 2. The van der Waals surface area contributed by atoms with E-state index in [1.165, 1.54) is 21.9 Å². The van der Waals surface area contributed by atoms with Gasteiger partial charge in [0.25, 0.3) is 0 Å². The van der Waals surface area contributed by atoms with Crippen molar-refractivity contribution in [2.24, 2.45) is 0 Å². The molecule has 0 aliphatic heterocycles. The van der Waals surface area contributed by atoms with Crippen LogP contribution in [0.4, 0.5) is 0 Å². The van der Waals surface area contributed by atoms with Gasteiger partial charge in [-0.25, -0.2) is 0 Å². The Morgan fingerprint density at radius 3 is 2.84 bits per heavy atom. The highest BCUT2D eigenvalue weighted by atomic mass is 14.8. The minimum Gasteiger partial charge on any atom is -0.354 e. The lowest BCUT2D eigenvalue weighted by atomic mass is 9.95. The lowest BCUT2D eigenvalue weighted by molar-refractivity contribution is 0.612. The molecule has 2 heterocycles. The third-order valence-corrected chi connectivity index (χ3v) is 3.84. The van der Waals surface area contributed by atoms with Crippen molar-refractivity contribution in [2.45, 2.75) is 19.3 Å². The highest BCUT2D eigenvalue weighted by molar-refractivity contribution is 6.06. The van der Waals surface area contributed by atoms with E-state index in [-0.39, 0.29) is 0 Å². The third kappa shape index (κ3) is 2.10. The SMILES string of the molecule is CCC(CNC)c1ccc2[nH]c3ccncc3c2c1. The molecule has 3 heteroatoms. The Morgan fingerprint density at radius 1 is 1.21 bits per heavy atom. The Morgan fingerprint density at radius 2 is 2.05 bits per heavy atom. The molecule has 2 N–H and O–H groups in total. The van der Waals surface area contributed by atoms with Gasteiger partial charge in [0.05, 0.1) is 0 Å². The molecule has 0 saturated carbocycles. The Hall–Kier alpha value is -1.87. The molecule has 3 rings (SSSR count). The summed E-state index contributed by atoms with van der Waals surface area (Å²) in [5.41, 5.74) is 3.74. The normalized spacial score (nSPS) is 13.2. The van der Waals surface area contributed by atoms with Crippen LogP contribution in [0, 0.1) is 0 Å². The molecule has 0 aliphatic rings. The molecule has 0 saturated heterocycles. The predicted octanol–water partition coefficient (Wildman–Crippen LogP) is 3.43. The van der Waals surface area contributed by atoms with Gasteiger partial charge in [0.15, 0.2) is 0 Å².